The van der Waals surface area contributed by atoms with Gasteiger partial charge in [0.15, 0.2) is 11.5 Å². The van der Waals surface area contributed by atoms with Gasteiger partial charge in [0.2, 0.25) is 0 Å². The third kappa shape index (κ3) is 3.96. The topological polar surface area (TPSA) is 44.8 Å². The summed E-state index contributed by atoms with van der Waals surface area (Å²) in [6.07, 6.45) is 0.402. The van der Waals surface area contributed by atoms with Gasteiger partial charge in [-0.1, -0.05) is 18.5 Å². The van der Waals surface area contributed by atoms with Gasteiger partial charge in [0, 0.05) is 11.0 Å². The molecule has 110 valence electrons. The van der Waals surface area contributed by atoms with Crippen molar-refractivity contribution in [3.8, 4) is 11.5 Å². The highest BCUT2D eigenvalue weighted by Gasteiger charge is 2.17. The van der Waals surface area contributed by atoms with Crippen LogP contribution in [0.2, 0.25) is 5.02 Å². The average Bonchev–Trinajstić information content (AvgIpc) is 2.45. The highest BCUT2D eigenvalue weighted by atomic mass is 35.5. The quantitative estimate of drug-likeness (QED) is 0.780. The summed E-state index contributed by atoms with van der Waals surface area (Å²) in [5, 5.41) is 0.757. The zero-order valence-electron chi connectivity index (χ0n) is 11.5. The van der Waals surface area contributed by atoms with Crippen LogP contribution in [0, 0.1) is 0 Å². The zero-order valence-corrected chi connectivity index (χ0v) is 13.1. The second-order valence-electron chi connectivity index (χ2n) is 4.50. The van der Waals surface area contributed by atoms with Crippen molar-refractivity contribution >= 4 is 29.3 Å². The maximum atomic E-state index is 11.2. The fourth-order valence-electron chi connectivity index (χ4n) is 1.86. The summed E-state index contributed by atoms with van der Waals surface area (Å²) in [6.45, 7) is 3.07. The highest BCUT2D eigenvalue weighted by molar-refractivity contribution is 7.99. The van der Waals surface area contributed by atoms with E-state index in [-0.39, 0.29) is 11.2 Å². The molecular formula is C14H17ClO4S. The number of esters is 1. The van der Waals surface area contributed by atoms with E-state index in [2.05, 4.69) is 4.74 Å². The Hall–Kier alpha value is -1.07. The maximum absolute atomic E-state index is 11.2. The molecule has 1 aromatic rings. The Kier molecular flexibility index (Phi) is 5.43. The summed E-state index contributed by atoms with van der Waals surface area (Å²) >= 11 is 7.86. The molecule has 0 fully saturated rings. The monoisotopic (exact) mass is 316 g/mol. The summed E-state index contributed by atoms with van der Waals surface area (Å²) in [5.74, 6) is 1.88. The van der Waals surface area contributed by atoms with Gasteiger partial charge >= 0.3 is 5.97 Å². The van der Waals surface area contributed by atoms with E-state index in [4.69, 9.17) is 21.1 Å². The number of hydrogen-bond acceptors (Lipinski definition) is 5. The van der Waals surface area contributed by atoms with Crippen molar-refractivity contribution < 1.29 is 19.0 Å². The van der Waals surface area contributed by atoms with E-state index < -0.39 is 0 Å². The summed E-state index contributed by atoms with van der Waals surface area (Å²) in [6, 6.07) is 3.82. The normalized spacial score (nSPS) is 14.8. The molecule has 0 aliphatic carbocycles. The predicted molar refractivity (Wildman–Crippen MR) is 79.8 cm³/mol. The van der Waals surface area contributed by atoms with Crippen molar-refractivity contribution in [2.75, 3.05) is 20.3 Å². The first-order chi connectivity index (χ1) is 9.60. The Balaban J connectivity index is 1.96. The highest BCUT2D eigenvalue weighted by Crippen LogP contribution is 2.39. The van der Waals surface area contributed by atoms with Crippen molar-refractivity contribution in [3.05, 3.63) is 22.7 Å². The summed E-state index contributed by atoms with van der Waals surface area (Å²) < 4.78 is 15.7. The van der Waals surface area contributed by atoms with E-state index in [1.54, 1.807) is 11.8 Å². The first kappa shape index (κ1) is 15.3. The second kappa shape index (κ2) is 7.09. The molecule has 0 radical (unpaired) electrons. The number of fused-ring (bicyclic) bond motifs is 1. The van der Waals surface area contributed by atoms with Crippen LogP contribution in [-0.4, -0.2) is 31.5 Å². The molecule has 0 N–H and O–H groups in total. The van der Waals surface area contributed by atoms with Crippen LogP contribution in [0.25, 0.3) is 0 Å². The van der Waals surface area contributed by atoms with Crippen molar-refractivity contribution in [1.82, 2.24) is 0 Å². The van der Waals surface area contributed by atoms with Crippen LogP contribution in [0.5, 0.6) is 11.5 Å². The number of halogens is 1. The molecule has 1 heterocycles. The van der Waals surface area contributed by atoms with Crippen LogP contribution in [-0.2, 0) is 15.3 Å². The largest absolute Gasteiger partial charge is 0.486 e. The van der Waals surface area contributed by atoms with Crippen LogP contribution >= 0.6 is 23.4 Å². The molecular weight excluding hydrogens is 300 g/mol. The number of benzene rings is 1. The molecule has 1 aliphatic rings. The predicted octanol–water partition coefficient (Wildman–Crippen LogP) is 3.30. The molecule has 0 saturated carbocycles. The Bertz CT molecular complexity index is 492. The minimum Gasteiger partial charge on any atom is -0.486 e. The SMILES string of the molecule is COC(=O)CC(C)SCc1cc(Cl)c2c(c1)OCCO2. The Morgan fingerprint density at radius 2 is 2.20 bits per heavy atom. The smallest absolute Gasteiger partial charge is 0.306 e. The van der Waals surface area contributed by atoms with Gasteiger partial charge in [0.05, 0.1) is 18.6 Å². The van der Waals surface area contributed by atoms with Gasteiger partial charge in [0.1, 0.15) is 13.2 Å². The molecule has 2 rings (SSSR count). The molecule has 1 unspecified atom stereocenters. The molecule has 1 aromatic carbocycles. The molecule has 6 heteroatoms. The Labute approximate surface area is 127 Å². The van der Waals surface area contributed by atoms with Crippen molar-refractivity contribution in [2.24, 2.45) is 0 Å². The van der Waals surface area contributed by atoms with E-state index >= 15 is 0 Å². The number of hydrogen-bond donors (Lipinski definition) is 0. The lowest BCUT2D eigenvalue weighted by Gasteiger charge is -2.20. The first-order valence-electron chi connectivity index (χ1n) is 6.36. The minimum absolute atomic E-state index is 0.189. The number of ether oxygens (including phenoxy) is 3. The number of carbonyl (C=O) groups is 1. The van der Waals surface area contributed by atoms with Crippen molar-refractivity contribution in [3.63, 3.8) is 0 Å². The minimum atomic E-state index is -0.190. The lowest BCUT2D eigenvalue weighted by atomic mass is 10.2. The standard InChI is InChI=1S/C14H17ClO4S/c1-9(5-13(16)17-2)20-8-10-6-11(15)14-12(7-10)18-3-4-19-14/h6-7,9H,3-5,8H2,1-2H3. The van der Waals surface area contributed by atoms with E-state index in [0.717, 1.165) is 11.3 Å². The molecule has 0 bridgehead atoms. The van der Waals surface area contributed by atoms with Crippen LogP contribution in [0.4, 0.5) is 0 Å². The first-order valence-corrected chi connectivity index (χ1v) is 7.79. The van der Waals surface area contributed by atoms with Crippen molar-refractivity contribution in [1.29, 1.82) is 0 Å². The van der Waals surface area contributed by atoms with Crippen molar-refractivity contribution in [2.45, 2.75) is 24.3 Å². The van der Waals surface area contributed by atoms with E-state index in [1.165, 1.54) is 7.11 Å². The van der Waals surface area contributed by atoms with Gasteiger partial charge < -0.3 is 14.2 Å². The van der Waals surface area contributed by atoms with Crippen LogP contribution in [0.3, 0.4) is 0 Å². The average molecular weight is 317 g/mol. The molecule has 0 amide bonds. The maximum Gasteiger partial charge on any atom is 0.306 e. The Morgan fingerprint density at radius 3 is 2.95 bits per heavy atom. The fraction of sp³-hybridized carbons (Fsp3) is 0.500. The zero-order chi connectivity index (χ0) is 14.5. The summed E-state index contributed by atoms with van der Waals surface area (Å²) in [7, 11) is 1.40. The lowest BCUT2D eigenvalue weighted by molar-refractivity contribution is -0.140. The van der Waals surface area contributed by atoms with Crippen LogP contribution in [0.15, 0.2) is 12.1 Å². The molecule has 0 saturated heterocycles. The molecule has 1 aliphatic heterocycles. The third-order valence-corrected chi connectivity index (χ3v) is 4.39. The molecule has 20 heavy (non-hydrogen) atoms. The van der Waals surface area contributed by atoms with Gasteiger partial charge in [0.25, 0.3) is 0 Å². The molecule has 0 spiro atoms. The number of thioether (sulfide) groups is 1. The van der Waals surface area contributed by atoms with Crippen LogP contribution in [0.1, 0.15) is 18.9 Å². The molecule has 4 nitrogen and oxygen atoms in total. The third-order valence-electron chi connectivity index (χ3n) is 2.87. The van der Waals surface area contributed by atoms with Crippen LogP contribution < -0.4 is 9.47 Å². The van der Waals surface area contributed by atoms with E-state index in [9.17, 15) is 4.79 Å². The van der Waals surface area contributed by atoms with Gasteiger partial charge in [-0.3, -0.25) is 4.79 Å². The van der Waals surface area contributed by atoms with Gasteiger partial charge in [-0.25, -0.2) is 0 Å². The molecule has 0 aromatic heterocycles. The lowest BCUT2D eigenvalue weighted by Crippen LogP contribution is -2.15. The fourth-order valence-corrected chi connectivity index (χ4v) is 3.05. The van der Waals surface area contributed by atoms with Gasteiger partial charge in [-0.15, -0.1) is 0 Å². The van der Waals surface area contributed by atoms with Gasteiger partial charge in [-0.05, 0) is 17.7 Å². The Morgan fingerprint density at radius 1 is 1.45 bits per heavy atom. The number of rotatable bonds is 5. The summed E-state index contributed by atoms with van der Waals surface area (Å²) in [5.41, 5.74) is 1.06. The van der Waals surface area contributed by atoms with E-state index in [0.29, 0.717) is 36.2 Å². The molecule has 1 atom stereocenters. The van der Waals surface area contributed by atoms with Gasteiger partial charge in [-0.2, -0.15) is 11.8 Å². The van der Waals surface area contributed by atoms with E-state index in [1.807, 2.05) is 19.1 Å². The number of carbonyl (C=O) groups excluding carboxylic acids is 1. The summed E-state index contributed by atoms with van der Waals surface area (Å²) in [4.78, 5) is 11.2. The number of methoxy groups -OCH3 is 1. The second-order valence-corrected chi connectivity index (χ2v) is 6.34.